The fourth-order valence-corrected chi connectivity index (χ4v) is 1.67. The van der Waals surface area contributed by atoms with E-state index in [1.807, 2.05) is 24.3 Å². The first-order valence-corrected chi connectivity index (χ1v) is 5.72. The summed E-state index contributed by atoms with van der Waals surface area (Å²) in [6.07, 6.45) is 1.64. The van der Waals surface area contributed by atoms with Crippen LogP contribution in [0, 0.1) is 0 Å². The van der Waals surface area contributed by atoms with Crippen LogP contribution in [-0.2, 0) is 6.54 Å². The average molecular weight is 232 g/mol. The highest BCUT2D eigenvalue weighted by Gasteiger charge is 2.09. The van der Waals surface area contributed by atoms with E-state index < -0.39 is 0 Å². The molecule has 1 aromatic carbocycles. The number of quaternary nitrogens is 1. The van der Waals surface area contributed by atoms with Gasteiger partial charge in [0.1, 0.15) is 0 Å². The van der Waals surface area contributed by atoms with Gasteiger partial charge in [0.05, 0.1) is 51.5 Å². The van der Waals surface area contributed by atoms with Crippen LogP contribution in [0.1, 0.15) is 0 Å². The summed E-state index contributed by atoms with van der Waals surface area (Å²) < 4.78 is 2.52. The summed E-state index contributed by atoms with van der Waals surface area (Å²) in [5.74, 6) is 0. The Morgan fingerprint density at radius 1 is 1.24 bits per heavy atom. The molecule has 2 rings (SSSR count). The number of aromatic nitrogens is 2. The van der Waals surface area contributed by atoms with Crippen LogP contribution in [0.15, 0.2) is 35.4 Å². The number of likely N-dealkylation sites (N-methyl/N-ethyl adjacent to an activating group) is 1. The van der Waals surface area contributed by atoms with Crippen molar-refractivity contribution in [3.05, 3.63) is 40.9 Å². The van der Waals surface area contributed by atoms with Crippen molar-refractivity contribution >= 4 is 10.9 Å². The van der Waals surface area contributed by atoms with E-state index in [1.165, 1.54) is 0 Å². The van der Waals surface area contributed by atoms with Gasteiger partial charge < -0.3 is 4.48 Å². The molecule has 17 heavy (non-hydrogen) atoms. The van der Waals surface area contributed by atoms with Gasteiger partial charge in [0.25, 0.3) is 5.56 Å². The van der Waals surface area contributed by atoms with Crippen molar-refractivity contribution < 1.29 is 4.48 Å². The number of benzene rings is 1. The van der Waals surface area contributed by atoms with Gasteiger partial charge in [-0.15, -0.1) is 0 Å². The zero-order chi connectivity index (χ0) is 12.5. The van der Waals surface area contributed by atoms with E-state index in [2.05, 4.69) is 26.1 Å². The maximum Gasteiger partial charge on any atom is 0.261 e. The molecule has 0 bridgehead atoms. The molecule has 0 unspecified atom stereocenters. The molecule has 0 atom stereocenters. The molecule has 0 radical (unpaired) electrons. The van der Waals surface area contributed by atoms with E-state index in [0.29, 0.717) is 11.9 Å². The minimum atomic E-state index is 0.0454. The van der Waals surface area contributed by atoms with Crippen molar-refractivity contribution in [3.8, 4) is 0 Å². The van der Waals surface area contributed by atoms with Gasteiger partial charge in [0.2, 0.25) is 0 Å². The van der Waals surface area contributed by atoms with Crippen LogP contribution in [-0.4, -0.2) is 41.7 Å². The van der Waals surface area contributed by atoms with Crippen LogP contribution >= 0.6 is 0 Å². The molecule has 0 N–H and O–H groups in total. The third-order valence-electron chi connectivity index (χ3n) is 2.74. The Balaban J connectivity index is 2.37. The normalized spacial score (nSPS) is 11.9. The first kappa shape index (κ1) is 11.8. The van der Waals surface area contributed by atoms with Crippen LogP contribution in [0.5, 0.6) is 0 Å². The quantitative estimate of drug-likeness (QED) is 0.743. The molecule has 90 valence electrons. The minimum Gasteiger partial charge on any atom is -0.329 e. The largest absolute Gasteiger partial charge is 0.329 e. The number of nitrogens with zero attached hydrogens (tertiary/aromatic N) is 3. The van der Waals surface area contributed by atoms with E-state index in [1.54, 1.807) is 10.9 Å². The molecule has 4 nitrogen and oxygen atoms in total. The summed E-state index contributed by atoms with van der Waals surface area (Å²) >= 11 is 0. The van der Waals surface area contributed by atoms with Gasteiger partial charge in [-0.05, 0) is 12.1 Å². The highest BCUT2D eigenvalue weighted by molar-refractivity contribution is 5.76. The summed E-state index contributed by atoms with van der Waals surface area (Å²) in [6.45, 7) is 1.60. The van der Waals surface area contributed by atoms with Gasteiger partial charge in [0.15, 0.2) is 0 Å². The predicted octanol–water partition coefficient (Wildman–Crippen LogP) is 1.10. The van der Waals surface area contributed by atoms with Crippen molar-refractivity contribution in [3.63, 3.8) is 0 Å². The molecule has 0 aliphatic carbocycles. The number of hydrogen-bond donors (Lipinski definition) is 0. The molecule has 0 aliphatic rings. The maximum atomic E-state index is 12.2. The van der Waals surface area contributed by atoms with E-state index in [-0.39, 0.29) is 5.56 Å². The third kappa shape index (κ3) is 2.71. The van der Waals surface area contributed by atoms with Gasteiger partial charge in [-0.3, -0.25) is 9.36 Å². The van der Waals surface area contributed by atoms with Crippen molar-refractivity contribution in [1.82, 2.24) is 9.55 Å². The van der Waals surface area contributed by atoms with Crippen LogP contribution in [0.25, 0.3) is 10.9 Å². The lowest BCUT2D eigenvalue weighted by molar-refractivity contribution is -0.871. The first-order valence-electron chi connectivity index (χ1n) is 5.72. The zero-order valence-electron chi connectivity index (χ0n) is 10.6. The standard InChI is InChI=1S/C13H18N3O/c1-16(2,3)9-8-15-10-14-12-7-5-4-6-11(12)13(15)17/h4-7,10H,8-9H2,1-3H3/q+1. The van der Waals surface area contributed by atoms with Crippen molar-refractivity contribution in [2.24, 2.45) is 0 Å². The van der Waals surface area contributed by atoms with Crippen molar-refractivity contribution in [1.29, 1.82) is 0 Å². The predicted molar refractivity (Wildman–Crippen MR) is 68.9 cm³/mol. The Hall–Kier alpha value is -1.68. The van der Waals surface area contributed by atoms with Crippen LogP contribution < -0.4 is 5.56 Å². The Labute approximate surface area is 101 Å². The molecular formula is C13H18N3O+. The smallest absolute Gasteiger partial charge is 0.261 e. The van der Waals surface area contributed by atoms with Crippen molar-refractivity contribution in [2.45, 2.75) is 6.54 Å². The van der Waals surface area contributed by atoms with Gasteiger partial charge >= 0.3 is 0 Å². The summed E-state index contributed by atoms with van der Waals surface area (Å²) in [6, 6.07) is 7.45. The number of para-hydroxylation sites is 1. The molecule has 0 spiro atoms. The number of fused-ring (bicyclic) bond motifs is 1. The highest BCUT2D eigenvalue weighted by atomic mass is 16.1. The topological polar surface area (TPSA) is 34.9 Å². The molecule has 4 heteroatoms. The highest BCUT2D eigenvalue weighted by Crippen LogP contribution is 2.04. The fourth-order valence-electron chi connectivity index (χ4n) is 1.67. The van der Waals surface area contributed by atoms with Gasteiger partial charge in [-0.1, -0.05) is 12.1 Å². The molecule has 0 aliphatic heterocycles. The van der Waals surface area contributed by atoms with Crippen LogP contribution in [0.3, 0.4) is 0 Å². The lowest BCUT2D eigenvalue weighted by atomic mass is 10.2. The van der Waals surface area contributed by atoms with Crippen LogP contribution in [0.2, 0.25) is 0 Å². The maximum absolute atomic E-state index is 12.2. The SMILES string of the molecule is C[N+](C)(C)CCn1cnc2ccccc2c1=O. The summed E-state index contributed by atoms with van der Waals surface area (Å²) in [5, 5.41) is 0.691. The molecule has 0 amide bonds. The number of rotatable bonds is 3. The molecule has 0 saturated heterocycles. The van der Waals surface area contributed by atoms with E-state index >= 15 is 0 Å². The Morgan fingerprint density at radius 2 is 1.94 bits per heavy atom. The second-order valence-electron chi connectivity index (χ2n) is 5.27. The average Bonchev–Trinajstić information content (AvgIpc) is 2.27. The minimum absolute atomic E-state index is 0.0454. The molecular weight excluding hydrogens is 214 g/mol. The van der Waals surface area contributed by atoms with Gasteiger partial charge in [-0.25, -0.2) is 4.98 Å². The van der Waals surface area contributed by atoms with E-state index in [4.69, 9.17) is 0 Å². The van der Waals surface area contributed by atoms with E-state index in [9.17, 15) is 4.79 Å². The summed E-state index contributed by atoms with van der Waals surface area (Å²) in [7, 11) is 6.33. The van der Waals surface area contributed by atoms with E-state index in [0.717, 1.165) is 16.5 Å². The molecule has 0 saturated carbocycles. The lowest BCUT2D eigenvalue weighted by Gasteiger charge is -2.24. The lowest BCUT2D eigenvalue weighted by Crippen LogP contribution is -2.39. The monoisotopic (exact) mass is 232 g/mol. The first-order chi connectivity index (χ1) is 7.97. The molecule has 0 fully saturated rings. The van der Waals surface area contributed by atoms with Gasteiger partial charge in [-0.2, -0.15) is 0 Å². The fraction of sp³-hybridized carbons (Fsp3) is 0.385. The zero-order valence-corrected chi connectivity index (χ0v) is 10.6. The van der Waals surface area contributed by atoms with Crippen molar-refractivity contribution in [2.75, 3.05) is 27.7 Å². The summed E-state index contributed by atoms with van der Waals surface area (Å²) in [5.41, 5.74) is 0.808. The second kappa shape index (κ2) is 4.30. The molecule has 2 aromatic rings. The molecule has 1 aromatic heterocycles. The molecule has 1 heterocycles. The Bertz CT molecular complexity index is 581. The Kier molecular flexibility index (Phi) is 2.98. The van der Waals surface area contributed by atoms with Gasteiger partial charge in [0, 0.05) is 0 Å². The second-order valence-corrected chi connectivity index (χ2v) is 5.27. The number of hydrogen-bond acceptors (Lipinski definition) is 2. The summed E-state index contributed by atoms with van der Waals surface area (Å²) in [4.78, 5) is 16.5. The van der Waals surface area contributed by atoms with Crippen LogP contribution in [0.4, 0.5) is 0 Å². The third-order valence-corrected chi connectivity index (χ3v) is 2.74. The Morgan fingerprint density at radius 3 is 2.65 bits per heavy atom.